The monoisotopic (exact) mass is 516 g/mol. The largest absolute Gasteiger partial charge is 0.493 e. The lowest BCUT2D eigenvalue weighted by Gasteiger charge is -2.16. The molecular formula is C25H26ClFN4O5. The summed E-state index contributed by atoms with van der Waals surface area (Å²) in [5.74, 6) is 0.902. The van der Waals surface area contributed by atoms with Crippen LogP contribution in [0.4, 0.5) is 15.9 Å². The number of aromatic nitrogens is 2. The Morgan fingerprint density at radius 1 is 1.22 bits per heavy atom. The zero-order valence-electron chi connectivity index (χ0n) is 19.6. The number of halogens is 2. The molecule has 0 aliphatic carbocycles. The third-order valence-corrected chi connectivity index (χ3v) is 5.99. The Kier molecular flexibility index (Phi) is 8.40. The van der Waals surface area contributed by atoms with Crippen LogP contribution in [-0.2, 0) is 9.53 Å². The van der Waals surface area contributed by atoms with E-state index >= 15 is 0 Å². The van der Waals surface area contributed by atoms with E-state index in [-0.39, 0.29) is 17.0 Å². The Labute approximate surface area is 212 Å². The van der Waals surface area contributed by atoms with Crippen molar-refractivity contribution in [1.29, 1.82) is 0 Å². The van der Waals surface area contributed by atoms with Gasteiger partial charge in [-0.15, -0.1) is 0 Å². The van der Waals surface area contributed by atoms with Crippen LogP contribution in [0.5, 0.6) is 11.5 Å². The van der Waals surface area contributed by atoms with Gasteiger partial charge in [-0.25, -0.2) is 19.8 Å². The minimum Gasteiger partial charge on any atom is -0.493 e. The fourth-order valence-electron chi connectivity index (χ4n) is 3.84. The minimum absolute atomic E-state index is 0.000386. The van der Waals surface area contributed by atoms with Gasteiger partial charge in [-0.3, -0.25) is 10.0 Å². The Morgan fingerprint density at radius 2 is 2.08 bits per heavy atom. The summed E-state index contributed by atoms with van der Waals surface area (Å²) >= 11 is 5.91. The predicted molar refractivity (Wildman–Crippen MR) is 132 cm³/mol. The molecule has 3 N–H and O–H groups in total. The molecule has 1 aromatic heterocycles. The average molecular weight is 517 g/mol. The number of ether oxygens (including phenoxy) is 3. The van der Waals surface area contributed by atoms with Gasteiger partial charge in [0.05, 0.1) is 17.6 Å². The summed E-state index contributed by atoms with van der Waals surface area (Å²) in [5.41, 5.74) is 2.83. The van der Waals surface area contributed by atoms with Crippen molar-refractivity contribution < 1.29 is 28.6 Å². The van der Waals surface area contributed by atoms with Crippen LogP contribution in [0.2, 0.25) is 5.02 Å². The van der Waals surface area contributed by atoms with Gasteiger partial charge < -0.3 is 19.5 Å². The summed E-state index contributed by atoms with van der Waals surface area (Å²) < 4.78 is 31.0. The first-order valence-electron chi connectivity index (χ1n) is 11.5. The summed E-state index contributed by atoms with van der Waals surface area (Å²) in [6, 6.07) is 7.81. The van der Waals surface area contributed by atoms with Crippen molar-refractivity contribution in [2.75, 3.05) is 12.4 Å². The van der Waals surface area contributed by atoms with Crippen LogP contribution < -0.4 is 20.3 Å². The lowest BCUT2D eigenvalue weighted by atomic mass is 10.1. The van der Waals surface area contributed by atoms with Crippen LogP contribution in [-0.4, -0.2) is 34.3 Å². The van der Waals surface area contributed by atoms with Crippen molar-refractivity contribution in [3.05, 3.63) is 59.5 Å². The highest BCUT2D eigenvalue weighted by Crippen LogP contribution is 2.37. The maximum atomic E-state index is 13.5. The predicted octanol–water partition coefficient (Wildman–Crippen LogP) is 5.64. The van der Waals surface area contributed by atoms with Crippen molar-refractivity contribution in [1.82, 2.24) is 15.4 Å². The highest BCUT2D eigenvalue weighted by Gasteiger charge is 2.21. The van der Waals surface area contributed by atoms with Gasteiger partial charge in [0, 0.05) is 36.1 Å². The lowest BCUT2D eigenvalue weighted by molar-refractivity contribution is -0.129. The number of methoxy groups -OCH3 is 1. The van der Waals surface area contributed by atoms with E-state index in [9.17, 15) is 9.18 Å². The van der Waals surface area contributed by atoms with Gasteiger partial charge in [0.2, 0.25) is 5.91 Å². The van der Waals surface area contributed by atoms with Gasteiger partial charge in [-0.2, -0.15) is 0 Å². The second-order valence-corrected chi connectivity index (χ2v) is 8.64. The third kappa shape index (κ3) is 6.32. The molecule has 1 atom stereocenters. The van der Waals surface area contributed by atoms with Crippen LogP contribution in [0, 0.1) is 5.82 Å². The molecule has 36 heavy (non-hydrogen) atoms. The van der Waals surface area contributed by atoms with Crippen molar-refractivity contribution >= 4 is 39.9 Å². The standard InChI is InChI=1S/C25H26ClFN4O5/c1-34-21-13-20-17(25(29-14-28-20)30-15-7-9-19(27)18(26)11-15)12-22(21)36-24-10-8-16(35-24)5-3-2-4-6-23(32)31-33/h7,9-14,16,33H,2-6,8H2,1H3,(H,31,32)(H,28,29,30). The number of carbonyl (C=O) groups excluding carboxylic acids is 1. The number of rotatable bonds is 11. The normalized spacial score (nSPS) is 14.8. The molecule has 1 aliphatic heterocycles. The van der Waals surface area contributed by atoms with Crippen molar-refractivity contribution in [3.8, 4) is 11.5 Å². The molecule has 11 heteroatoms. The molecule has 0 fully saturated rings. The molecule has 0 spiro atoms. The zero-order valence-corrected chi connectivity index (χ0v) is 20.3. The van der Waals surface area contributed by atoms with Crippen molar-refractivity contribution in [2.24, 2.45) is 0 Å². The van der Waals surface area contributed by atoms with E-state index in [4.69, 9.17) is 31.0 Å². The second kappa shape index (κ2) is 11.9. The SMILES string of the molecule is COc1cc2ncnc(Nc3ccc(F)c(Cl)c3)c2cc1OC1=CCC(CCCCCC(=O)NO)O1. The van der Waals surface area contributed by atoms with E-state index in [1.165, 1.54) is 18.5 Å². The topological polar surface area (TPSA) is 115 Å². The first-order valence-corrected chi connectivity index (χ1v) is 11.9. The van der Waals surface area contributed by atoms with Gasteiger partial charge in [0.25, 0.3) is 5.95 Å². The molecule has 1 unspecified atom stereocenters. The van der Waals surface area contributed by atoms with Gasteiger partial charge in [-0.1, -0.05) is 18.0 Å². The Hall–Kier alpha value is -3.63. The van der Waals surface area contributed by atoms with Gasteiger partial charge >= 0.3 is 0 Å². The van der Waals surface area contributed by atoms with E-state index in [0.29, 0.717) is 59.1 Å². The molecule has 9 nitrogen and oxygen atoms in total. The molecule has 4 rings (SSSR count). The highest BCUT2D eigenvalue weighted by atomic mass is 35.5. The lowest BCUT2D eigenvalue weighted by Crippen LogP contribution is -2.17. The maximum Gasteiger partial charge on any atom is 0.281 e. The smallest absolute Gasteiger partial charge is 0.281 e. The van der Waals surface area contributed by atoms with Crippen LogP contribution in [0.25, 0.3) is 10.9 Å². The Bertz CT molecular complexity index is 1270. The summed E-state index contributed by atoms with van der Waals surface area (Å²) in [5, 5.41) is 12.3. The number of hydrogen-bond donors (Lipinski definition) is 3. The van der Waals surface area contributed by atoms with Crippen LogP contribution >= 0.6 is 11.6 Å². The van der Waals surface area contributed by atoms with Crippen molar-refractivity contribution in [2.45, 2.75) is 44.6 Å². The number of fused-ring (bicyclic) bond motifs is 1. The van der Waals surface area contributed by atoms with Gasteiger partial charge in [0.1, 0.15) is 24.1 Å². The number of benzene rings is 2. The fourth-order valence-corrected chi connectivity index (χ4v) is 4.02. The molecule has 1 amide bonds. The minimum atomic E-state index is -0.507. The quantitative estimate of drug-likeness (QED) is 0.170. The van der Waals surface area contributed by atoms with E-state index in [0.717, 1.165) is 19.3 Å². The number of hydrogen-bond acceptors (Lipinski definition) is 8. The average Bonchev–Trinajstić information content (AvgIpc) is 3.33. The van der Waals surface area contributed by atoms with E-state index in [1.54, 1.807) is 30.8 Å². The van der Waals surface area contributed by atoms with E-state index in [2.05, 4.69) is 15.3 Å². The summed E-state index contributed by atoms with van der Waals surface area (Å²) in [4.78, 5) is 19.7. The van der Waals surface area contributed by atoms with Crippen LogP contribution in [0.3, 0.4) is 0 Å². The van der Waals surface area contributed by atoms with Crippen LogP contribution in [0.15, 0.2) is 48.7 Å². The van der Waals surface area contributed by atoms with E-state index < -0.39 is 5.82 Å². The first kappa shape index (κ1) is 25.5. The molecule has 2 aromatic carbocycles. The fraction of sp³-hybridized carbons (Fsp3) is 0.320. The number of carbonyl (C=O) groups is 1. The molecular weight excluding hydrogens is 491 g/mol. The number of nitrogens with zero attached hydrogens (tertiary/aromatic N) is 2. The molecule has 0 saturated heterocycles. The second-order valence-electron chi connectivity index (χ2n) is 8.23. The molecule has 2 heterocycles. The third-order valence-electron chi connectivity index (χ3n) is 5.70. The number of hydroxylamine groups is 1. The summed E-state index contributed by atoms with van der Waals surface area (Å²) in [7, 11) is 1.54. The molecule has 190 valence electrons. The molecule has 1 aliphatic rings. The molecule has 0 saturated carbocycles. The number of nitrogens with one attached hydrogen (secondary N) is 2. The summed E-state index contributed by atoms with van der Waals surface area (Å²) in [6.07, 6.45) is 7.57. The molecule has 0 bridgehead atoms. The molecule has 3 aromatic rings. The number of anilines is 2. The maximum absolute atomic E-state index is 13.5. The Morgan fingerprint density at radius 3 is 2.86 bits per heavy atom. The highest BCUT2D eigenvalue weighted by molar-refractivity contribution is 6.31. The Balaban J connectivity index is 1.43. The van der Waals surface area contributed by atoms with E-state index in [1.807, 2.05) is 6.08 Å². The zero-order chi connectivity index (χ0) is 25.5. The van der Waals surface area contributed by atoms with Gasteiger partial charge in [0.15, 0.2) is 11.5 Å². The molecule has 0 radical (unpaired) electrons. The summed E-state index contributed by atoms with van der Waals surface area (Å²) in [6.45, 7) is 0. The number of amides is 1. The number of unbranched alkanes of at least 4 members (excludes halogenated alkanes) is 2. The van der Waals surface area contributed by atoms with Gasteiger partial charge in [-0.05, 0) is 43.5 Å². The van der Waals surface area contributed by atoms with Crippen molar-refractivity contribution in [3.63, 3.8) is 0 Å². The first-order chi connectivity index (χ1) is 17.5. The van der Waals surface area contributed by atoms with Crippen LogP contribution in [0.1, 0.15) is 38.5 Å².